The molecule has 0 fully saturated rings. The van der Waals surface area contributed by atoms with Crippen molar-refractivity contribution in [2.75, 3.05) is 12.5 Å². The summed E-state index contributed by atoms with van der Waals surface area (Å²) in [6.07, 6.45) is 5.65. The Bertz CT molecular complexity index is 1530. The number of benzene rings is 4. The van der Waals surface area contributed by atoms with Gasteiger partial charge in [0.15, 0.2) is 0 Å². The van der Waals surface area contributed by atoms with Crippen molar-refractivity contribution in [3.05, 3.63) is 108 Å². The first-order valence-electron chi connectivity index (χ1n) is 10.9. The molecule has 0 unspecified atom stereocenters. The summed E-state index contributed by atoms with van der Waals surface area (Å²) in [5.74, 6) is 0.914. The average molecular weight is 446 g/mol. The van der Waals surface area contributed by atoms with Crippen molar-refractivity contribution in [2.24, 2.45) is 5.10 Å². The number of anilines is 1. The lowest BCUT2D eigenvalue weighted by Gasteiger charge is -2.10. The molecule has 0 atom stereocenters. The summed E-state index contributed by atoms with van der Waals surface area (Å²) in [5.41, 5.74) is 7.30. The van der Waals surface area contributed by atoms with E-state index >= 15 is 0 Å². The van der Waals surface area contributed by atoms with Gasteiger partial charge in [0.1, 0.15) is 11.5 Å². The number of hydrogen-bond donors (Lipinski definition) is 2. The van der Waals surface area contributed by atoms with E-state index in [2.05, 4.69) is 10.5 Å². The van der Waals surface area contributed by atoms with E-state index in [0.29, 0.717) is 5.56 Å². The summed E-state index contributed by atoms with van der Waals surface area (Å²) in [5, 5.41) is 17.7. The fourth-order valence-corrected chi connectivity index (χ4v) is 3.86. The Kier molecular flexibility index (Phi) is 5.91. The second-order valence-electron chi connectivity index (χ2n) is 7.81. The van der Waals surface area contributed by atoms with Crippen LogP contribution in [0.5, 0.6) is 11.5 Å². The maximum atomic E-state index is 10.4. The maximum absolute atomic E-state index is 10.4. The fourth-order valence-electron chi connectivity index (χ4n) is 3.86. The number of rotatable bonds is 6. The van der Waals surface area contributed by atoms with Crippen LogP contribution in [0, 0.1) is 0 Å². The zero-order chi connectivity index (χ0) is 23.3. The number of methoxy groups -OCH3 is 1. The minimum atomic E-state index is 0.178. The molecule has 0 spiro atoms. The molecule has 0 aliphatic heterocycles. The predicted octanol–water partition coefficient (Wildman–Crippen LogP) is 6.72. The van der Waals surface area contributed by atoms with Gasteiger partial charge in [-0.1, -0.05) is 66.7 Å². The van der Waals surface area contributed by atoms with Gasteiger partial charge >= 0.3 is 0 Å². The highest BCUT2D eigenvalue weighted by Gasteiger charge is 2.08. The number of phenols is 1. The molecule has 1 aromatic heterocycles. The Morgan fingerprint density at radius 2 is 1.68 bits per heavy atom. The Hall–Kier alpha value is -4.64. The number of pyridine rings is 1. The molecule has 1 heterocycles. The van der Waals surface area contributed by atoms with Crippen molar-refractivity contribution in [3.63, 3.8) is 0 Å². The van der Waals surface area contributed by atoms with Gasteiger partial charge in [-0.25, -0.2) is 4.98 Å². The summed E-state index contributed by atoms with van der Waals surface area (Å²) >= 11 is 0. The van der Waals surface area contributed by atoms with Crippen LogP contribution in [0.25, 0.3) is 33.8 Å². The number of fused-ring (bicyclic) bond motifs is 2. The van der Waals surface area contributed by atoms with Crippen molar-refractivity contribution in [1.29, 1.82) is 0 Å². The average Bonchev–Trinajstić information content (AvgIpc) is 2.89. The summed E-state index contributed by atoms with van der Waals surface area (Å²) in [6, 6.07) is 29.3. The first-order chi connectivity index (χ1) is 16.7. The van der Waals surface area contributed by atoms with Crippen LogP contribution < -0.4 is 10.2 Å². The molecular weight excluding hydrogens is 422 g/mol. The van der Waals surface area contributed by atoms with Gasteiger partial charge in [-0.3, -0.25) is 5.43 Å². The predicted molar refractivity (Wildman–Crippen MR) is 140 cm³/mol. The molecule has 0 radical (unpaired) electrons. The van der Waals surface area contributed by atoms with Crippen LogP contribution >= 0.6 is 0 Å². The molecule has 4 aromatic carbocycles. The molecular formula is C29H23N3O2. The first kappa shape index (κ1) is 21.2. The molecule has 0 aliphatic rings. The highest BCUT2D eigenvalue weighted by atomic mass is 16.5. The molecule has 2 N–H and O–H groups in total. The van der Waals surface area contributed by atoms with Crippen molar-refractivity contribution < 1.29 is 9.84 Å². The minimum Gasteiger partial charge on any atom is -0.507 e. The Morgan fingerprint density at radius 3 is 2.53 bits per heavy atom. The molecule has 0 saturated heterocycles. The second kappa shape index (κ2) is 9.46. The zero-order valence-corrected chi connectivity index (χ0v) is 18.6. The third-order valence-corrected chi connectivity index (χ3v) is 5.61. The molecule has 5 heteroatoms. The molecule has 0 bridgehead atoms. The molecule has 34 heavy (non-hydrogen) atoms. The van der Waals surface area contributed by atoms with E-state index < -0.39 is 0 Å². The van der Waals surface area contributed by atoms with E-state index in [9.17, 15) is 5.11 Å². The molecule has 5 aromatic rings. The van der Waals surface area contributed by atoms with E-state index in [4.69, 9.17) is 9.72 Å². The van der Waals surface area contributed by atoms with Crippen molar-refractivity contribution >= 4 is 45.7 Å². The largest absolute Gasteiger partial charge is 0.507 e. The Labute approximate surface area is 197 Å². The van der Waals surface area contributed by atoms with Crippen LogP contribution in [0.2, 0.25) is 0 Å². The number of hydrazone groups is 1. The van der Waals surface area contributed by atoms with E-state index in [1.54, 1.807) is 19.4 Å². The molecule has 5 nitrogen and oxygen atoms in total. The normalized spacial score (nSPS) is 11.6. The smallest absolute Gasteiger partial charge is 0.125 e. The number of phenolic OH excluding ortho intramolecular Hbond substituents is 1. The Morgan fingerprint density at radius 1 is 0.853 bits per heavy atom. The van der Waals surface area contributed by atoms with Crippen LogP contribution in [0.1, 0.15) is 16.8 Å². The van der Waals surface area contributed by atoms with E-state index in [-0.39, 0.29) is 5.75 Å². The van der Waals surface area contributed by atoms with Crippen LogP contribution in [0.4, 0.5) is 5.69 Å². The van der Waals surface area contributed by atoms with Crippen molar-refractivity contribution in [3.8, 4) is 11.5 Å². The molecule has 5 rings (SSSR count). The summed E-state index contributed by atoms with van der Waals surface area (Å²) < 4.78 is 5.41. The van der Waals surface area contributed by atoms with Gasteiger partial charge in [-0.05, 0) is 52.7 Å². The number of ether oxygens (including phenoxy) is 1. The third kappa shape index (κ3) is 4.45. The van der Waals surface area contributed by atoms with Gasteiger partial charge in [-0.2, -0.15) is 5.10 Å². The van der Waals surface area contributed by atoms with Gasteiger partial charge in [-0.15, -0.1) is 0 Å². The fraction of sp³-hybridized carbons (Fsp3) is 0.0345. The van der Waals surface area contributed by atoms with E-state index in [1.807, 2.05) is 97.1 Å². The lowest BCUT2D eigenvalue weighted by Crippen LogP contribution is -1.96. The van der Waals surface area contributed by atoms with Gasteiger partial charge in [0.25, 0.3) is 0 Å². The second-order valence-corrected chi connectivity index (χ2v) is 7.81. The first-order valence-corrected chi connectivity index (χ1v) is 10.9. The van der Waals surface area contributed by atoms with Gasteiger partial charge < -0.3 is 9.84 Å². The van der Waals surface area contributed by atoms with Crippen LogP contribution in [0.3, 0.4) is 0 Å². The molecule has 166 valence electrons. The third-order valence-electron chi connectivity index (χ3n) is 5.61. The van der Waals surface area contributed by atoms with Crippen LogP contribution in [-0.4, -0.2) is 23.4 Å². The maximum Gasteiger partial charge on any atom is 0.125 e. The number of aromatic nitrogens is 1. The van der Waals surface area contributed by atoms with E-state index in [0.717, 1.165) is 44.4 Å². The standard InChI is InChI=1S/C29H23N3O2/c1-34-23-14-15-27-25(18-23)28(17-22(31-27)13-11-20-7-3-2-4-8-20)32-30-19-26-24-10-6-5-9-21(24)12-16-29(26)33/h2-19,33H,1H3,(H,31,32)/b13-11+,30-19-. The highest BCUT2D eigenvalue weighted by molar-refractivity contribution is 6.03. The van der Waals surface area contributed by atoms with E-state index in [1.165, 1.54) is 0 Å². The molecule has 0 saturated carbocycles. The molecule has 0 amide bonds. The summed E-state index contributed by atoms with van der Waals surface area (Å²) in [7, 11) is 1.64. The number of hydrogen-bond acceptors (Lipinski definition) is 5. The lowest BCUT2D eigenvalue weighted by molar-refractivity contribution is 0.415. The molecule has 0 aliphatic carbocycles. The monoisotopic (exact) mass is 445 g/mol. The quantitative estimate of drug-likeness (QED) is 0.225. The number of nitrogens with one attached hydrogen (secondary N) is 1. The SMILES string of the molecule is COc1ccc2nc(/C=C/c3ccccc3)cc(N/N=C\c3c(O)ccc4ccccc34)c2c1. The Balaban J connectivity index is 1.52. The zero-order valence-electron chi connectivity index (χ0n) is 18.6. The van der Waals surface area contributed by atoms with Gasteiger partial charge in [0, 0.05) is 10.9 Å². The number of nitrogens with zero attached hydrogens (tertiary/aromatic N) is 2. The number of aromatic hydroxyl groups is 1. The van der Waals surface area contributed by atoms with Gasteiger partial charge in [0.2, 0.25) is 0 Å². The lowest BCUT2D eigenvalue weighted by atomic mass is 10.0. The topological polar surface area (TPSA) is 66.7 Å². The van der Waals surface area contributed by atoms with Crippen molar-refractivity contribution in [2.45, 2.75) is 0 Å². The van der Waals surface area contributed by atoms with Gasteiger partial charge in [0.05, 0.1) is 30.2 Å². The van der Waals surface area contributed by atoms with Crippen molar-refractivity contribution in [1.82, 2.24) is 4.98 Å². The summed E-state index contributed by atoms with van der Waals surface area (Å²) in [6.45, 7) is 0. The highest BCUT2D eigenvalue weighted by Crippen LogP contribution is 2.29. The van der Waals surface area contributed by atoms with Crippen LogP contribution in [0.15, 0.2) is 96.1 Å². The van der Waals surface area contributed by atoms with Crippen LogP contribution in [-0.2, 0) is 0 Å². The minimum absolute atomic E-state index is 0.178. The summed E-state index contributed by atoms with van der Waals surface area (Å²) in [4.78, 5) is 4.77.